The fraction of sp³-hybridized carbons (Fsp3) is 0.588. The number of ether oxygens (including phenoxy) is 3. The second kappa shape index (κ2) is 7.02. The van der Waals surface area contributed by atoms with Gasteiger partial charge in [-0.3, -0.25) is 4.79 Å². The molecule has 1 aliphatic rings. The molecule has 1 unspecified atom stereocenters. The fourth-order valence-electron chi connectivity index (χ4n) is 2.23. The maximum absolute atomic E-state index is 11.0. The molecule has 0 amide bonds. The van der Waals surface area contributed by atoms with E-state index in [2.05, 4.69) is 13.8 Å². The third kappa shape index (κ3) is 4.48. The summed E-state index contributed by atoms with van der Waals surface area (Å²) in [5, 5.41) is 0. The molecule has 1 aliphatic heterocycles. The monoisotopic (exact) mass is 324 g/mol. The second-order valence-corrected chi connectivity index (χ2v) is 7.63. The lowest BCUT2D eigenvalue weighted by Gasteiger charge is -2.43. The van der Waals surface area contributed by atoms with Gasteiger partial charge in [-0.25, -0.2) is 0 Å². The molecule has 1 heterocycles. The van der Waals surface area contributed by atoms with Crippen LogP contribution in [0.1, 0.15) is 33.3 Å². The Morgan fingerprint density at radius 2 is 1.86 bits per heavy atom. The Balaban J connectivity index is 2.11. The Kier molecular flexibility index (Phi) is 5.53. The highest BCUT2D eigenvalue weighted by atomic mass is 32.2. The number of rotatable bonds is 5. The second-order valence-electron chi connectivity index (χ2n) is 6.35. The molecule has 0 bridgehead atoms. The van der Waals surface area contributed by atoms with Crippen LogP contribution in [0.2, 0.25) is 0 Å². The average molecular weight is 324 g/mol. The van der Waals surface area contributed by atoms with E-state index in [0.717, 1.165) is 5.56 Å². The summed E-state index contributed by atoms with van der Waals surface area (Å²) in [7, 11) is 0. The summed E-state index contributed by atoms with van der Waals surface area (Å²) >= 11 is 1.51. The van der Waals surface area contributed by atoms with E-state index in [0.29, 0.717) is 19.0 Å². The van der Waals surface area contributed by atoms with Crippen LogP contribution >= 0.6 is 11.8 Å². The van der Waals surface area contributed by atoms with Crippen LogP contribution < -0.4 is 0 Å². The van der Waals surface area contributed by atoms with Crippen molar-refractivity contribution in [3.63, 3.8) is 0 Å². The quantitative estimate of drug-likeness (QED) is 0.612. The lowest BCUT2D eigenvalue weighted by atomic mass is 9.93. The molecule has 1 saturated heterocycles. The summed E-state index contributed by atoms with van der Waals surface area (Å²) in [6.07, 6.45) is 0. The normalized spacial score (nSPS) is 21.1. The highest BCUT2D eigenvalue weighted by molar-refractivity contribution is 7.99. The largest absolute Gasteiger partial charge is 0.452 e. The minimum atomic E-state index is -0.782. The zero-order valence-corrected chi connectivity index (χ0v) is 14.4. The van der Waals surface area contributed by atoms with E-state index >= 15 is 0 Å². The van der Waals surface area contributed by atoms with Crippen molar-refractivity contribution in [3.05, 3.63) is 35.9 Å². The number of thioether (sulfide) groups is 1. The van der Waals surface area contributed by atoms with Crippen molar-refractivity contribution in [1.29, 1.82) is 0 Å². The third-order valence-corrected chi connectivity index (χ3v) is 4.56. The van der Waals surface area contributed by atoms with Crippen LogP contribution in [0.5, 0.6) is 0 Å². The maximum Gasteiger partial charge on any atom is 0.303 e. The van der Waals surface area contributed by atoms with Gasteiger partial charge >= 0.3 is 5.97 Å². The van der Waals surface area contributed by atoms with Crippen molar-refractivity contribution in [2.45, 2.75) is 38.9 Å². The van der Waals surface area contributed by atoms with Gasteiger partial charge in [-0.1, -0.05) is 44.2 Å². The van der Waals surface area contributed by atoms with Gasteiger partial charge in [-0.15, -0.1) is 11.8 Å². The van der Waals surface area contributed by atoms with Gasteiger partial charge in [-0.2, -0.15) is 0 Å². The topological polar surface area (TPSA) is 44.8 Å². The Morgan fingerprint density at radius 3 is 2.41 bits per heavy atom. The minimum absolute atomic E-state index is 0.00441. The molecule has 2 rings (SSSR count). The first-order chi connectivity index (χ1) is 10.3. The van der Waals surface area contributed by atoms with Gasteiger partial charge in [0.05, 0.1) is 19.0 Å². The molecule has 1 atom stereocenters. The number of carbonyl (C=O) groups is 1. The highest BCUT2D eigenvalue weighted by Crippen LogP contribution is 2.39. The predicted molar refractivity (Wildman–Crippen MR) is 87.5 cm³/mol. The molecule has 0 saturated carbocycles. The number of hydrogen-bond donors (Lipinski definition) is 0. The summed E-state index contributed by atoms with van der Waals surface area (Å²) in [6, 6.07) is 9.94. The number of esters is 1. The SMILES string of the molecule is CC(=O)OC(C)SCC1(c2ccccc2)OCC(C)(C)CO1. The van der Waals surface area contributed by atoms with Crippen LogP contribution in [-0.4, -0.2) is 30.4 Å². The molecule has 5 heteroatoms. The van der Waals surface area contributed by atoms with Gasteiger partial charge in [0.2, 0.25) is 5.79 Å². The first kappa shape index (κ1) is 17.3. The molecule has 0 radical (unpaired) electrons. The molecule has 22 heavy (non-hydrogen) atoms. The van der Waals surface area contributed by atoms with Gasteiger partial charge in [0.25, 0.3) is 0 Å². The van der Waals surface area contributed by atoms with Crippen LogP contribution in [0, 0.1) is 5.41 Å². The van der Waals surface area contributed by atoms with Gasteiger partial charge in [0.15, 0.2) is 0 Å². The van der Waals surface area contributed by atoms with Crippen LogP contribution in [0.25, 0.3) is 0 Å². The zero-order valence-electron chi connectivity index (χ0n) is 13.6. The summed E-state index contributed by atoms with van der Waals surface area (Å²) in [5.41, 5.74) is 0.762. The molecular weight excluding hydrogens is 300 g/mol. The molecule has 0 aromatic heterocycles. The molecule has 1 aromatic carbocycles. The average Bonchev–Trinajstić information content (AvgIpc) is 2.47. The maximum atomic E-state index is 11.0. The van der Waals surface area contributed by atoms with E-state index in [4.69, 9.17) is 14.2 Å². The van der Waals surface area contributed by atoms with Crippen molar-refractivity contribution in [2.75, 3.05) is 19.0 Å². The molecule has 0 spiro atoms. The van der Waals surface area contributed by atoms with Crippen molar-refractivity contribution < 1.29 is 19.0 Å². The number of carbonyl (C=O) groups excluding carboxylic acids is 1. The van der Waals surface area contributed by atoms with Crippen LogP contribution in [0.3, 0.4) is 0 Å². The van der Waals surface area contributed by atoms with E-state index in [9.17, 15) is 4.79 Å². The Hall–Kier alpha value is -1.04. The van der Waals surface area contributed by atoms with Crippen molar-refractivity contribution in [1.82, 2.24) is 0 Å². The van der Waals surface area contributed by atoms with Gasteiger partial charge in [0.1, 0.15) is 5.44 Å². The summed E-state index contributed by atoms with van der Waals surface area (Å²) < 4.78 is 17.5. The van der Waals surface area contributed by atoms with Crippen molar-refractivity contribution in [2.24, 2.45) is 5.41 Å². The fourth-order valence-corrected chi connectivity index (χ4v) is 3.22. The molecule has 4 nitrogen and oxygen atoms in total. The van der Waals surface area contributed by atoms with Crippen LogP contribution in [-0.2, 0) is 24.8 Å². The Morgan fingerprint density at radius 1 is 1.27 bits per heavy atom. The smallest absolute Gasteiger partial charge is 0.303 e. The molecular formula is C17H24O4S. The molecule has 0 aliphatic carbocycles. The van der Waals surface area contributed by atoms with E-state index in [1.165, 1.54) is 18.7 Å². The van der Waals surface area contributed by atoms with Gasteiger partial charge in [0, 0.05) is 17.9 Å². The van der Waals surface area contributed by atoms with Gasteiger partial charge < -0.3 is 14.2 Å². The third-order valence-electron chi connectivity index (χ3n) is 3.45. The van der Waals surface area contributed by atoms with E-state index in [1.54, 1.807) is 0 Å². The molecule has 0 N–H and O–H groups in total. The highest BCUT2D eigenvalue weighted by Gasteiger charge is 2.42. The summed E-state index contributed by atoms with van der Waals surface area (Å²) in [5.74, 6) is -0.488. The van der Waals surface area contributed by atoms with Gasteiger partial charge in [-0.05, 0) is 6.92 Å². The van der Waals surface area contributed by atoms with Crippen LogP contribution in [0.4, 0.5) is 0 Å². The first-order valence-electron chi connectivity index (χ1n) is 7.45. The first-order valence-corrected chi connectivity index (χ1v) is 8.50. The predicted octanol–water partition coefficient (Wildman–Crippen LogP) is 3.55. The van der Waals surface area contributed by atoms with Crippen molar-refractivity contribution in [3.8, 4) is 0 Å². The number of hydrogen-bond acceptors (Lipinski definition) is 5. The lowest BCUT2D eigenvalue weighted by Crippen LogP contribution is -2.47. The standard InChI is InChI=1S/C17H24O4S/c1-13(18)21-14(2)22-12-17(15-8-6-5-7-9-15)19-10-16(3,4)11-20-17/h5-9,14H,10-12H2,1-4H3. The lowest BCUT2D eigenvalue weighted by molar-refractivity contribution is -0.295. The Labute approximate surface area is 136 Å². The Bertz CT molecular complexity index is 491. The van der Waals surface area contributed by atoms with Crippen LogP contribution in [0.15, 0.2) is 30.3 Å². The minimum Gasteiger partial charge on any atom is -0.452 e. The van der Waals surface area contributed by atoms with E-state index in [1.807, 2.05) is 37.3 Å². The zero-order chi connectivity index (χ0) is 16.2. The summed E-state index contributed by atoms with van der Waals surface area (Å²) in [4.78, 5) is 11.0. The van der Waals surface area contributed by atoms with E-state index in [-0.39, 0.29) is 16.8 Å². The molecule has 1 aromatic rings. The molecule has 122 valence electrons. The van der Waals surface area contributed by atoms with Crippen molar-refractivity contribution >= 4 is 17.7 Å². The van der Waals surface area contributed by atoms with E-state index < -0.39 is 5.79 Å². The molecule has 1 fully saturated rings. The number of benzene rings is 1. The summed E-state index contributed by atoms with van der Waals surface area (Å²) in [6.45, 7) is 8.78.